The van der Waals surface area contributed by atoms with Crippen LogP contribution in [0, 0.1) is 5.82 Å². The molecule has 23 heavy (non-hydrogen) atoms. The molecule has 5 nitrogen and oxygen atoms in total. The van der Waals surface area contributed by atoms with Crippen molar-refractivity contribution in [1.29, 1.82) is 0 Å². The number of carbonyl (C=O) groups is 1. The summed E-state index contributed by atoms with van der Waals surface area (Å²) in [5, 5.41) is 5.74. The highest BCUT2D eigenvalue weighted by Crippen LogP contribution is 2.19. The molecule has 1 saturated heterocycles. The second-order valence-corrected chi connectivity index (χ2v) is 5.38. The predicted molar refractivity (Wildman–Crippen MR) is 85.2 cm³/mol. The molecular formula is C17H18FN3O2. The van der Waals surface area contributed by atoms with E-state index in [9.17, 15) is 9.18 Å². The largest absolute Gasteiger partial charge is 0.376 e. The molecule has 1 aliphatic rings. The van der Waals surface area contributed by atoms with Crippen molar-refractivity contribution in [2.45, 2.75) is 18.9 Å². The van der Waals surface area contributed by atoms with Crippen molar-refractivity contribution >= 4 is 17.3 Å². The van der Waals surface area contributed by atoms with Gasteiger partial charge in [-0.25, -0.2) is 9.37 Å². The fourth-order valence-electron chi connectivity index (χ4n) is 2.42. The maximum Gasteiger partial charge on any atom is 0.269 e. The van der Waals surface area contributed by atoms with E-state index >= 15 is 0 Å². The molecule has 3 rings (SSSR count). The zero-order chi connectivity index (χ0) is 16.1. The first-order valence-electron chi connectivity index (χ1n) is 7.60. The molecule has 0 bridgehead atoms. The standard InChI is InChI=1S/C17H18FN3O2/c18-14-5-1-2-6-15(14)21-12-7-8-16(19-10-12)17(22)20-11-13-4-3-9-23-13/h1-2,5-8,10,13,21H,3-4,9,11H2,(H,20,22). The van der Waals surface area contributed by atoms with E-state index < -0.39 is 0 Å². The summed E-state index contributed by atoms with van der Waals surface area (Å²) < 4.78 is 19.0. The highest BCUT2D eigenvalue weighted by molar-refractivity contribution is 5.92. The number of pyridine rings is 1. The number of aromatic nitrogens is 1. The maximum absolute atomic E-state index is 13.6. The van der Waals surface area contributed by atoms with Crippen LogP contribution in [-0.4, -0.2) is 30.1 Å². The zero-order valence-corrected chi connectivity index (χ0v) is 12.6. The molecule has 0 radical (unpaired) electrons. The topological polar surface area (TPSA) is 63.2 Å². The van der Waals surface area contributed by atoms with Gasteiger partial charge in [-0.3, -0.25) is 4.79 Å². The Morgan fingerprint density at radius 2 is 2.17 bits per heavy atom. The summed E-state index contributed by atoms with van der Waals surface area (Å²) in [7, 11) is 0. The van der Waals surface area contributed by atoms with Crippen LogP contribution in [0.5, 0.6) is 0 Å². The lowest BCUT2D eigenvalue weighted by atomic mass is 10.2. The first-order valence-corrected chi connectivity index (χ1v) is 7.60. The number of hydrogen-bond donors (Lipinski definition) is 2. The van der Waals surface area contributed by atoms with E-state index in [2.05, 4.69) is 15.6 Å². The Bertz CT molecular complexity index is 670. The number of halogens is 1. The molecule has 1 atom stereocenters. The van der Waals surface area contributed by atoms with Crippen molar-refractivity contribution in [3.63, 3.8) is 0 Å². The Morgan fingerprint density at radius 3 is 2.87 bits per heavy atom. The highest BCUT2D eigenvalue weighted by Gasteiger charge is 2.17. The van der Waals surface area contributed by atoms with Gasteiger partial charge < -0.3 is 15.4 Å². The molecule has 1 amide bonds. The van der Waals surface area contributed by atoms with E-state index in [1.54, 1.807) is 30.3 Å². The quantitative estimate of drug-likeness (QED) is 0.890. The molecule has 120 valence electrons. The van der Waals surface area contributed by atoms with Gasteiger partial charge in [0.1, 0.15) is 11.5 Å². The summed E-state index contributed by atoms with van der Waals surface area (Å²) in [4.78, 5) is 16.1. The summed E-state index contributed by atoms with van der Waals surface area (Å²) in [6.45, 7) is 1.25. The molecular weight excluding hydrogens is 297 g/mol. The maximum atomic E-state index is 13.6. The fraction of sp³-hybridized carbons (Fsp3) is 0.294. The summed E-state index contributed by atoms with van der Waals surface area (Å²) >= 11 is 0. The highest BCUT2D eigenvalue weighted by atomic mass is 19.1. The van der Waals surface area contributed by atoms with Crippen LogP contribution in [0.1, 0.15) is 23.3 Å². The molecule has 1 aromatic heterocycles. The minimum absolute atomic E-state index is 0.0981. The lowest BCUT2D eigenvalue weighted by molar-refractivity contribution is 0.0854. The fourth-order valence-corrected chi connectivity index (χ4v) is 2.42. The first-order chi connectivity index (χ1) is 11.2. The average Bonchev–Trinajstić information content (AvgIpc) is 3.09. The Kier molecular flexibility index (Phi) is 4.83. The molecule has 1 aromatic carbocycles. The van der Waals surface area contributed by atoms with Crippen LogP contribution in [0.15, 0.2) is 42.6 Å². The van der Waals surface area contributed by atoms with Crippen LogP contribution in [0.2, 0.25) is 0 Å². The molecule has 2 N–H and O–H groups in total. The van der Waals surface area contributed by atoms with Gasteiger partial charge in [-0.2, -0.15) is 0 Å². The van der Waals surface area contributed by atoms with E-state index in [0.29, 0.717) is 23.6 Å². The first kappa shape index (κ1) is 15.4. The predicted octanol–water partition coefficient (Wildman–Crippen LogP) is 2.87. The van der Waals surface area contributed by atoms with Crippen LogP contribution in [0.3, 0.4) is 0 Å². The van der Waals surface area contributed by atoms with Gasteiger partial charge in [0, 0.05) is 13.2 Å². The molecule has 0 spiro atoms. The smallest absolute Gasteiger partial charge is 0.269 e. The number of rotatable bonds is 5. The summed E-state index contributed by atoms with van der Waals surface area (Å²) in [6, 6.07) is 9.68. The van der Waals surface area contributed by atoms with Gasteiger partial charge in [0.05, 0.1) is 23.7 Å². The lowest BCUT2D eigenvalue weighted by Gasteiger charge is -2.11. The Morgan fingerprint density at radius 1 is 1.30 bits per heavy atom. The number of ether oxygens (including phenoxy) is 1. The summed E-state index contributed by atoms with van der Waals surface area (Å²) in [6.07, 6.45) is 3.61. The Hall–Kier alpha value is -2.47. The number of carbonyl (C=O) groups excluding carboxylic acids is 1. The molecule has 1 unspecified atom stereocenters. The van der Waals surface area contributed by atoms with E-state index in [1.165, 1.54) is 12.3 Å². The van der Waals surface area contributed by atoms with Gasteiger partial charge in [-0.1, -0.05) is 12.1 Å². The van der Waals surface area contributed by atoms with Gasteiger partial charge in [0.15, 0.2) is 0 Å². The number of nitrogens with one attached hydrogen (secondary N) is 2. The van der Waals surface area contributed by atoms with E-state index in [4.69, 9.17) is 4.74 Å². The molecule has 1 aliphatic heterocycles. The lowest BCUT2D eigenvalue weighted by Crippen LogP contribution is -2.32. The second-order valence-electron chi connectivity index (χ2n) is 5.38. The number of para-hydroxylation sites is 1. The van der Waals surface area contributed by atoms with Gasteiger partial charge >= 0.3 is 0 Å². The molecule has 2 aromatic rings. The van der Waals surface area contributed by atoms with Crippen molar-refractivity contribution in [2.75, 3.05) is 18.5 Å². The number of nitrogens with zero attached hydrogens (tertiary/aromatic N) is 1. The van der Waals surface area contributed by atoms with Gasteiger partial charge in [-0.05, 0) is 37.1 Å². The SMILES string of the molecule is O=C(NCC1CCCO1)c1ccc(Nc2ccccc2F)cn1. The van der Waals surface area contributed by atoms with E-state index in [1.807, 2.05) is 0 Å². The monoisotopic (exact) mass is 315 g/mol. The van der Waals surface area contributed by atoms with Gasteiger partial charge in [-0.15, -0.1) is 0 Å². The third-order valence-corrected chi connectivity index (χ3v) is 3.66. The van der Waals surface area contributed by atoms with Crippen molar-refractivity contribution in [1.82, 2.24) is 10.3 Å². The van der Waals surface area contributed by atoms with E-state index in [-0.39, 0.29) is 17.8 Å². The Labute approximate surface area is 133 Å². The molecule has 0 saturated carbocycles. The molecule has 1 fully saturated rings. The van der Waals surface area contributed by atoms with Gasteiger partial charge in [0.2, 0.25) is 0 Å². The minimum Gasteiger partial charge on any atom is -0.376 e. The van der Waals surface area contributed by atoms with Crippen molar-refractivity contribution in [2.24, 2.45) is 0 Å². The Balaban J connectivity index is 1.58. The number of benzene rings is 1. The van der Waals surface area contributed by atoms with E-state index in [0.717, 1.165) is 19.4 Å². The number of anilines is 2. The summed E-state index contributed by atoms with van der Waals surface area (Å²) in [5.41, 5.74) is 1.30. The zero-order valence-electron chi connectivity index (χ0n) is 12.6. The minimum atomic E-state index is -0.342. The molecule has 2 heterocycles. The average molecular weight is 315 g/mol. The number of hydrogen-bond acceptors (Lipinski definition) is 4. The van der Waals surface area contributed by atoms with Crippen LogP contribution in [-0.2, 0) is 4.74 Å². The van der Waals surface area contributed by atoms with Crippen LogP contribution >= 0.6 is 0 Å². The third-order valence-electron chi connectivity index (χ3n) is 3.66. The van der Waals surface area contributed by atoms with Crippen molar-refractivity contribution in [3.05, 3.63) is 54.1 Å². The molecule has 0 aliphatic carbocycles. The van der Waals surface area contributed by atoms with Crippen LogP contribution < -0.4 is 10.6 Å². The number of amides is 1. The summed E-state index contributed by atoms with van der Waals surface area (Å²) in [5.74, 6) is -0.580. The van der Waals surface area contributed by atoms with Crippen LogP contribution in [0.4, 0.5) is 15.8 Å². The third kappa shape index (κ3) is 4.04. The van der Waals surface area contributed by atoms with Crippen molar-refractivity contribution < 1.29 is 13.9 Å². The molecule has 6 heteroatoms. The van der Waals surface area contributed by atoms with Crippen LogP contribution in [0.25, 0.3) is 0 Å². The van der Waals surface area contributed by atoms with Gasteiger partial charge in [0.25, 0.3) is 5.91 Å². The van der Waals surface area contributed by atoms with Crippen molar-refractivity contribution in [3.8, 4) is 0 Å². The normalized spacial score (nSPS) is 17.0. The second kappa shape index (κ2) is 7.19.